The Morgan fingerprint density at radius 1 is 1.19 bits per heavy atom. The van der Waals surface area contributed by atoms with Crippen molar-refractivity contribution in [2.24, 2.45) is 0 Å². The van der Waals surface area contributed by atoms with Crippen molar-refractivity contribution >= 4 is 15.4 Å². The number of hydrogen-bond donors (Lipinski definition) is 0. The Kier molecular flexibility index (Phi) is 3.42. The summed E-state index contributed by atoms with van der Waals surface area (Å²) in [7, 11) is -5.21. The zero-order chi connectivity index (χ0) is 12.4. The Bertz CT molecular complexity index is 487. The fraction of sp³-hybridized carbons (Fsp3) is 0.200. The largest absolute Gasteiger partial charge is 0.501 e. The van der Waals surface area contributed by atoms with E-state index in [1.807, 2.05) is 0 Å². The molecule has 0 N–H and O–H groups in total. The Morgan fingerprint density at radius 2 is 1.69 bits per heavy atom. The van der Waals surface area contributed by atoms with E-state index in [2.05, 4.69) is 0 Å². The van der Waals surface area contributed by atoms with Crippen molar-refractivity contribution in [2.75, 3.05) is 0 Å². The molecule has 0 aliphatic carbocycles. The number of benzene rings is 1. The summed E-state index contributed by atoms with van der Waals surface area (Å²) in [5.41, 5.74) is -4.75. The van der Waals surface area contributed by atoms with Crippen LogP contribution in [0.15, 0.2) is 35.7 Å². The van der Waals surface area contributed by atoms with Crippen molar-refractivity contribution in [1.29, 1.82) is 0 Å². The van der Waals surface area contributed by atoms with Crippen molar-refractivity contribution < 1.29 is 21.6 Å². The molecule has 0 saturated carbocycles. The molecule has 0 unspecified atom stereocenters. The summed E-state index contributed by atoms with van der Waals surface area (Å²) in [5.74, 6) is 0. The second-order valence-corrected chi connectivity index (χ2v) is 4.95. The average molecular weight is 250 g/mol. The first kappa shape index (κ1) is 12.8. The molecule has 16 heavy (non-hydrogen) atoms. The van der Waals surface area contributed by atoms with Gasteiger partial charge in [0.1, 0.15) is 0 Å². The zero-order valence-electron chi connectivity index (χ0n) is 8.32. The SMILES string of the molecule is C/C(=C/S(=O)(=O)C(F)(F)F)c1ccccc1. The molecule has 1 aromatic rings. The molecule has 1 rings (SSSR count). The Labute approximate surface area is 91.3 Å². The van der Waals surface area contributed by atoms with Crippen LogP contribution in [0.25, 0.3) is 5.57 Å². The van der Waals surface area contributed by atoms with E-state index in [9.17, 15) is 21.6 Å². The van der Waals surface area contributed by atoms with Crippen molar-refractivity contribution in [1.82, 2.24) is 0 Å². The van der Waals surface area contributed by atoms with Gasteiger partial charge in [0.2, 0.25) is 0 Å². The van der Waals surface area contributed by atoms with Crippen LogP contribution in [0.1, 0.15) is 12.5 Å². The van der Waals surface area contributed by atoms with Crippen LogP contribution >= 0.6 is 0 Å². The van der Waals surface area contributed by atoms with Crippen LogP contribution in [0.2, 0.25) is 0 Å². The molecule has 88 valence electrons. The average Bonchev–Trinajstić information content (AvgIpc) is 2.16. The summed E-state index contributed by atoms with van der Waals surface area (Å²) in [5, 5.41) is 0.238. The molecule has 1 aromatic carbocycles. The molecule has 0 bridgehead atoms. The highest BCUT2D eigenvalue weighted by Crippen LogP contribution is 2.27. The minimum atomic E-state index is -5.25. The van der Waals surface area contributed by atoms with E-state index in [0.29, 0.717) is 5.56 Å². The van der Waals surface area contributed by atoms with Gasteiger partial charge in [-0.2, -0.15) is 13.2 Å². The molecule has 6 heteroatoms. The third-order valence-electron chi connectivity index (χ3n) is 1.88. The number of sulfone groups is 1. The highest BCUT2D eigenvalue weighted by Gasteiger charge is 2.44. The fourth-order valence-corrected chi connectivity index (χ4v) is 1.80. The maximum atomic E-state index is 12.1. The van der Waals surface area contributed by atoms with Crippen molar-refractivity contribution in [3.05, 3.63) is 41.3 Å². The predicted octanol–water partition coefficient (Wildman–Crippen LogP) is 2.98. The zero-order valence-corrected chi connectivity index (χ0v) is 9.14. The molecule has 0 amide bonds. The van der Waals surface area contributed by atoms with E-state index < -0.39 is 15.3 Å². The number of halogens is 3. The van der Waals surface area contributed by atoms with Crippen LogP contribution in [0.5, 0.6) is 0 Å². The standard InChI is InChI=1S/C10H9F3O2S/c1-8(9-5-3-2-4-6-9)7-16(14,15)10(11,12)13/h2-7H,1H3/b8-7-. The Balaban J connectivity index is 3.13. The van der Waals surface area contributed by atoms with Gasteiger partial charge in [-0.25, -0.2) is 8.42 Å². The summed E-state index contributed by atoms with van der Waals surface area (Å²) < 4.78 is 57.9. The van der Waals surface area contributed by atoms with Gasteiger partial charge >= 0.3 is 5.51 Å². The molecular formula is C10H9F3O2S. The van der Waals surface area contributed by atoms with Crippen molar-refractivity contribution in [3.63, 3.8) is 0 Å². The van der Waals surface area contributed by atoms with Gasteiger partial charge in [-0.1, -0.05) is 30.3 Å². The molecule has 0 atom stereocenters. The van der Waals surface area contributed by atoms with Crippen LogP contribution in [-0.2, 0) is 9.84 Å². The summed E-state index contributed by atoms with van der Waals surface area (Å²) in [4.78, 5) is 0. The molecule has 0 aliphatic rings. The highest BCUT2D eigenvalue weighted by molar-refractivity contribution is 7.95. The molecule has 0 saturated heterocycles. The molecule has 0 fully saturated rings. The van der Waals surface area contributed by atoms with E-state index in [1.54, 1.807) is 18.2 Å². The number of rotatable bonds is 2. The van der Waals surface area contributed by atoms with Gasteiger partial charge in [0.25, 0.3) is 9.84 Å². The topological polar surface area (TPSA) is 34.1 Å². The quantitative estimate of drug-likeness (QED) is 0.808. The summed E-state index contributed by atoms with van der Waals surface area (Å²) in [6.45, 7) is 1.32. The summed E-state index contributed by atoms with van der Waals surface area (Å²) in [6, 6.07) is 8.00. The summed E-state index contributed by atoms with van der Waals surface area (Å²) >= 11 is 0. The molecule has 2 nitrogen and oxygen atoms in total. The third-order valence-corrected chi connectivity index (χ3v) is 3.19. The maximum Gasteiger partial charge on any atom is 0.501 e. The first-order chi connectivity index (χ1) is 7.24. The lowest BCUT2D eigenvalue weighted by atomic mass is 10.1. The Morgan fingerprint density at radius 3 is 2.12 bits per heavy atom. The second-order valence-electron chi connectivity index (χ2n) is 3.16. The minimum Gasteiger partial charge on any atom is -0.215 e. The molecular weight excluding hydrogens is 241 g/mol. The minimum absolute atomic E-state index is 0.0536. The normalized spacial score (nSPS) is 13.9. The first-order valence-corrected chi connectivity index (χ1v) is 5.84. The Hall–Kier alpha value is -1.30. The molecule has 0 aromatic heterocycles. The van der Waals surface area contributed by atoms with Gasteiger partial charge in [-0.3, -0.25) is 0 Å². The highest BCUT2D eigenvalue weighted by atomic mass is 32.2. The van der Waals surface area contributed by atoms with Gasteiger partial charge in [0, 0.05) is 5.41 Å². The van der Waals surface area contributed by atoms with Crippen molar-refractivity contribution in [2.45, 2.75) is 12.4 Å². The van der Waals surface area contributed by atoms with Gasteiger partial charge in [-0.15, -0.1) is 0 Å². The smallest absolute Gasteiger partial charge is 0.215 e. The van der Waals surface area contributed by atoms with Crippen LogP contribution in [-0.4, -0.2) is 13.9 Å². The van der Waals surface area contributed by atoms with Gasteiger partial charge < -0.3 is 0 Å². The fourth-order valence-electron chi connectivity index (χ4n) is 1.07. The van der Waals surface area contributed by atoms with Crippen LogP contribution in [0, 0.1) is 0 Å². The summed E-state index contributed by atoms with van der Waals surface area (Å²) in [6.07, 6.45) is 0. The molecule has 0 heterocycles. The first-order valence-electron chi connectivity index (χ1n) is 4.29. The van der Waals surface area contributed by atoms with Crippen LogP contribution in [0.4, 0.5) is 13.2 Å². The number of alkyl halides is 3. The lowest BCUT2D eigenvalue weighted by Gasteiger charge is -2.05. The van der Waals surface area contributed by atoms with E-state index in [1.165, 1.54) is 19.1 Å². The predicted molar refractivity (Wildman–Crippen MR) is 55.1 cm³/mol. The lowest BCUT2D eigenvalue weighted by Crippen LogP contribution is -2.20. The van der Waals surface area contributed by atoms with E-state index in [0.717, 1.165) is 0 Å². The molecule has 0 radical (unpaired) electrons. The number of hydrogen-bond acceptors (Lipinski definition) is 2. The second kappa shape index (κ2) is 4.29. The molecule has 0 spiro atoms. The van der Waals surface area contributed by atoms with Crippen LogP contribution in [0.3, 0.4) is 0 Å². The van der Waals surface area contributed by atoms with Gasteiger partial charge in [-0.05, 0) is 18.1 Å². The molecule has 0 aliphatic heterocycles. The third kappa shape index (κ3) is 2.85. The van der Waals surface area contributed by atoms with Gasteiger partial charge in [0.15, 0.2) is 0 Å². The van der Waals surface area contributed by atoms with E-state index >= 15 is 0 Å². The van der Waals surface area contributed by atoms with E-state index in [4.69, 9.17) is 0 Å². The monoisotopic (exact) mass is 250 g/mol. The van der Waals surface area contributed by atoms with Crippen LogP contribution < -0.4 is 0 Å². The van der Waals surface area contributed by atoms with E-state index in [-0.39, 0.29) is 11.0 Å². The van der Waals surface area contributed by atoms with Crippen molar-refractivity contribution in [3.8, 4) is 0 Å². The number of allylic oxidation sites excluding steroid dienone is 1. The van der Waals surface area contributed by atoms with Gasteiger partial charge in [0.05, 0.1) is 0 Å². The lowest BCUT2D eigenvalue weighted by molar-refractivity contribution is -0.0423. The maximum absolute atomic E-state index is 12.1.